The maximum Gasteiger partial charge on any atom is 0.229 e. The van der Waals surface area contributed by atoms with Crippen molar-refractivity contribution in [1.82, 2.24) is 0 Å². The van der Waals surface area contributed by atoms with Crippen LogP contribution in [0.2, 0.25) is 0 Å². The number of Topliss-reactive ketones (excluding diaryl/α,β-unsaturated/α-hetero) is 2. The zero-order valence-electron chi connectivity index (χ0n) is 12.7. The van der Waals surface area contributed by atoms with E-state index in [-0.39, 0.29) is 22.8 Å². The molecule has 6 N–H and O–H groups in total. The number of rotatable bonds is 4. The van der Waals surface area contributed by atoms with E-state index < -0.39 is 11.6 Å². The maximum absolute atomic E-state index is 12.5. The molecule has 1 aliphatic carbocycles. The predicted molar refractivity (Wildman–Crippen MR) is 92.6 cm³/mol. The fraction of sp³-hybridized carbons (Fsp3) is 0. The van der Waals surface area contributed by atoms with Gasteiger partial charge in [-0.2, -0.15) is 0 Å². The highest BCUT2D eigenvalue weighted by molar-refractivity contribution is 6.26. The minimum atomic E-state index is -0.519. The molecule has 2 aromatic rings. The van der Waals surface area contributed by atoms with Crippen LogP contribution in [0.3, 0.4) is 0 Å². The van der Waals surface area contributed by atoms with Crippen molar-refractivity contribution in [3.63, 3.8) is 0 Å². The van der Waals surface area contributed by atoms with E-state index in [4.69, 9.17) is 11.5 Å². The van der Waals surface area contributed by atoms with E-state index in [1.54, 1.807) is 48.5 Å². The van der Waals surface area contributed by atoms with Crippen LogP contribution in [0.4, 0.5) is 11.4 Å². The fourth-order valence-electron chi connectivity index (χ4n) is 2.32. The molecule has 24 heavy (non-hydrogen) atoms. The van der Waals surface area contributed by atoms with Gasteiger partial charge in [0, 0.05) is 11.4 Å². The second-order valence-corrected chi connectivity index (χ2v) is 5.22. The summed E-state index contributed by atoms with van der Waals surface area (Å²) in [4.78, 5) is 25.0. The lowest BCUT2D eigenvalue weighted by Crippen LogP contribution is -2.36. The molecule has 1 aliphatic rings. The second kappa shape index (κ2) is 6.29. The number of nitrogens with two attached hydrogens (primary N) is 2. The number of benzene rings is 2. The smallest absolute Gasteiger partial charge is 0.229 e. The standard InChI is InChI=1S/C18H16N4O2/c19-13-15(21-11-7-3-1-4-8-11)17(23)14(20)16(18(13)24)22-12-9-5-2-6-10-12/h1-10,21-22H,19-20H2. The van der Waals surface area contributed by atoms with Crippen molar-refractivity contribution in [3.05, 3.63) is 83.5 Å². The van der Waals surface area contributed by atoms with Gasteiger partial charge in [-0.25, -0.2) is 0 Å². The Balaban J connectivity index is 1.91. The minimum Gasteiger partial charge on any atom is -0.394 e. The molecule has 3 rings (SSSR count). The van der Waals surface area contributed by atoms with E-state index in [0.717, 1.165) is 0 Å². The largest absolute Gasteiger partial charge is 0.394 e. The molecule has 0 heterocycles. The number of hydrogen-bond donors (Lipinski definition) is 4. The number of hydrogen-bond acceptors (Lipinski definition) is 6. The molecule has 0 bridgehead atoms. The minimum absolute atomic E-state index is 0.0117. The summed E-state index contributed by atoms with van der Waals surface area (Å²) < 4.78 is 0. The van der Waals surface area contributed by atoms with Gasteiger partial charge < -0.3 is 22.1 Å². The van der Waals surface area contributed by atoms with Crippen LogP contribution in [0.25, 0.3) is 0 Å². The summed E-state index contributed by atoms with van der Waals surface area (Å²) >= 11 is 0. The number of nitrogens with one attached hydrogen (secondary N) is 2. The van der Waals surface area contributed by atoms with Crippen LogP contribution in [0.5, 0.6) is 0 Å². The van der Waals surface area contributed by atoms with Crippen molar-refractivity contribution in [2.75, 3.05) is 10.6 Å². The molecular formula is C18H16N4O2. The van der Waals surface area contributed by atoms with Crippen molar-refractivity contribution in [3.8, 4) is 0 Å². The van der Waals surface area contributed by atoms with Crippen LogP contribution in [0, 0.1) is 0 Å². The summed E-state index contributed by atoms with van der Waals surface area (Å²) in [6, 6.07) is 17.9. The topological polar surface area (TPSA) is 110 Å². The summed E-state index contributed by atoms with van der Waals surface area (Å²) in [5.41, 5.74) is 12.7. The van der Waals surface area contributed by atoms with E-state index >= 15 is 0 Å². The monoisotopic (exact) mass is 320 g/mol. The van der Waals surface area contributed by atoms with Gasteiger partial charge in [-0.3, -0.25) is 9.59 Å². The third kappa shape index (κ3) is 2.85. The number of carbonyl (C=O) groups excluding carboxylic acids is 2. The van der Waals surface area contributed by atoms with E-state index in [1.165, 1.54) is 0 Å². The van der Waals surface area contributed by atoms with Crippen molar-refractivity contribution >= 4 is 22.9 Å². The average Bonchev–Trinajstić information content (AvgIpc) is 2.62. The van der Waals surface area contributed by atoms with Crippen molar-refractivity contribution in [2.24, 2.45) is 11.5 Å². The van der Waals surface area contributed by atoms with Gasteiger partial charge in [0.05, 0.1) is 0 Å². The summed E-state index contributed by atoms with van der Waals surface area (Å²) in [7, 11) is 0. The summed E-state index contributed by atoms with van der Waals surface area (Å²) in [5, 5.41) is 5.74. The highest BCUT2D eigenvalue weighted by Gasteiger charge is 2.32. The third-order valence-electron chi connectivity index (χ3n) is 3.57. The van der Waals surface area contributed by atoms with Gasteiger partial charge in [-0.15, -0.1) is 0 Å². The Bertz CT molecular complexity index is 782. The number of carbonyl (C=O) groups is 2. The van der Waals surface area contributed by atoms with Gasteiger partial charge in [0.25, 0.3) is 0 Å². The first-order chi connectivity index (χ1) is 11.6. The van der Waals surface area contributed by atoms with Gasteiger partial charge in [0.15, 0.2) is 0 Å². The van der Waals surface area contributed by atoms with Crippen LogP contribution >= 0.6 is 0 Å². The lowest BCUT2D eigenvalue weighted by molar-refractivity contribution is -0.116. The van der Waals surface area contributed by atoms with Crippen LogP contribution in [0.15, 0.2) is 83.5 Å². The highest BCUT2D eigenvalue weighted by atomic mass is 16.1. The molecule has 0 saturated carbocycles. The lowest BCUT2D eigenvalue weighted by atomic mass is 9.99. The van der Waals surface area contributed by atoms with Gasteiger partial charge in [-0.05, 0) is 24.3 Å². The first-order valence-electron chi connectivity index (χ1n) is 7.31. The molecule has 0 unspecified atom stereocenters. The van der Waals surface area contributed by atoms with E-state index in [9.17, 15) is 9.59 Å². The molecule has 6 heteroatoms. The van der Waals surface area contributed by atoms with E-state index in [2.05, 4.69) is 10.6 Å². The summed E-state index contributed by atoms with van der Waals surface area (Å²) in [5.74, 6) is -1.04. The van der Waals surface area contributed by atoms with Gasteiger partial charge in [-0.1, -0.05) is 36.4 Å². The highest BCUT2D eigenvalue weighted by Crippen LogP contribution is 2.23. The molecule has 0 radical (unpaired) electrons. The third-order valence-corrected chi connectivity index (χ3v) is 3.57. The molecule has 6 nitrogen and oxygen atoms in total. The Labute approximate surface area is 138 Å². The van der Waals surface area contributed by atoms with E-state index in [0.29, 0.717) is 11.4 Å². The summed E-state index contributed by atoms with van der Waals surface area (Å²) in [6.07, 6.45) is 0. The molecule has 0 aromatic heterocycles. The number of ketones is 2. The molecule has 2 aromatic carbocycles. The second-order valence-electron chi connectivity index (χ2n) is 5.22. The Morgan fingerprint density at radius 1 is 0.583 bits per heavy atom. The van der Waals surface area contributed by atoms with Gasteiger partial charge in [0.2, 0.25) is 11.6 Å². The molecule has 0 fully saturated rings. The normalized spacial score (nSPS) is 14.8. The predicted octanol–water partition coefficient (Wildman–Crippen LogP) is 1.70. The molecule has 0 saturated heterocycles. The first kappa shape index (κ1) is 15.4. The SMILES string of the molecule is NC1=C(Nc2ccccc2)C(=O)C(N)=C(Nc2ccccc2)C1=O. The van der Waals surface area contributed by atoms with Crippen molar-refractivity contribution < 1.29 is 9.59 Å². The van der Waals surface area contributed by atoms with Crippen LogP contribution < -0.4 is 22.1 Å². The molecular weight excluding hydrogens is 304 g/mol. The number of anilines is 2. The van der Waals surface area contributed by atoms with E-state index in [1.807, 2.05) is 12.1 Å². The zero-order chi connectivity index (χ0) is 17.1. The number of para-hydroxylation sites is 2. The molecule has 0 aliphatic heterocycles. The van der Waals surface area contributed by atoms with Crippen LogP contribution in [-0.2, 0) is 9.59 Å². The molecule has 0 amide bonds. The van der Waals surface area contributed by atoms with Crippen LogP contribution in [0.1, 0.15) is 0 Å². The quantitative estimate of drug-likeness (QED) is 0.638. The summed E-state index contributed by atoms with van der Waals surface area (Å²) in [6.45, 7) is 0. The lowest BCUT2D eigenvalue weighted by Gasteiger charge is -2.21. The zero-order valence-corrected chi connectivity index (χ0v) is 12.7. The average molecular weight is 320 g/mol. The van der Waals surface area contributed by atoms with Crippen molar-refractivity contribution in [2.45, 2.75) is 0 Å². The van der Waals surface area contributed by atoms with Crippen molar-refractivity contribution in [1.29, 1.82) is 0 Å². The van der Waals surface area contributed by atoms with Crippen LogP contribution in [-0.4, -0.2) is 11.6 Å². The fourth-order valence-corrected chi connectivity index (χ4v) is 2.32. The molecule has 120 valence electrons. The Morgan fingerprint density at radius 2 is 0.917 bits per heavy atom. The molecule has 0 spiro atoms. The molecule has 0 atom stereocenters. The Kier molecular flexibility index (Phi) is 4.03. The van der Waals surface area contributed by atoms with Gasteiger partial charge in [0.1, 0.15) is 22.8 Å². The van der Waals surface area contributed by atoms with Gasteiger partial charge >= 0.3 is 0 Å². The Morgan fingerprint density at radius 3 is 1.25 bits per heavy atom. The maximum atomic E-state index is 12.5. The first-order valence-corrected chi connectivity index (χ1v) is 7.31. The Hall–Kier alpha value is -3.54.